The number of anilines is 1. The smallest absolute Gasteiger partial charge is 0.183 e. The van der Waals surface area contributed by atoms with Crippen LogP contribution in [0.25, 0.3) is 22.2 Å². The number of aryl methyl sites for hydroxylation is 1. The average molecular weight is 242 g/mol. The molecule has 0 spiro atoms. The lowest BCUT2D eigenvalue weighted by Crippen LogP contribution is -1.90. The van der Waals surface area contributed by atoms with Gasteiger partial charge in [-0.3, -0.25) is 5.10 Å². The van der Waals surface area contributed by atoms with Gasteiger partial charge < -0.3 is 5.73 Å². The number of nitrogens with one attached hydrogen (secondary N) is 1. The van der Waals surface area contributed by atoms with Crippen molar-refractivity contribution in [2.75, 3.05) is 5.73 Å². The van der Waals surface area contributed by atoms with Gasteiger partial charge in [-0.25, -0.2) is 9.37 Å². The Morgan fingerprint density at radius 1 is 1.22 bits per heavy atom. The molecular formula is C13H11FN4. The molecule has 0 aliphatic carbocycles. The number of halogens is 1. The normalized spacial score (nSPS) is 11.0. The summed E-state index contributed by atoms with van der Waals surface area (Å²) in [6.07, 6.45) is 0. The Bertz CT molecular complexity index is 716. The number of nitrogens with two attached hydrogens (primary N) is 1. The van der Waals surface area contributed by atoms with E-state index in [4.69, 9.17) is 5.73 Å². The Labute approximate surface area is 103 Å². The first-order chi connectivity index (χ1) is 8.65. The second-order valence-electron chi connectivity index (χ2n) is 4.15. The van der Waals surface area contributed by atoms with Crippen LogP contribution in [0.15, 0.2) is 30.3 Å². The number of pyridine rings is 1. The second kappa shape index (κ2) is 3.80. The number of nitrogen functional groups attached to an aromatic ring is 1. The first-order valence-corrected chi connectivity index (χ1v) is 5.52. The molecule has 0 saturated carbocycles. The van der Waals surface area contributed by atoms with Crippen LogP contribution < -0.4 is 5.73 Å². The SMILES string of the molecule is Cc1cc(-c2ccc(F)cc2)c2c(N)[nH]nc2n1. The molecule has 18 heavy (non-hydrogen) atoms. The van der Waals surface area contributed by atoms with E-state index < -0.39 is 0 Å². The van der Waals surface area contributed by atoms with E-state index in [0.29, 0.717) is 11.5 Å². The molecule has 0 aliphatic heterocycles. The molecular weight excluding hydrogens is 231 g/mol. The molecule has 0 atom stereocenters. The van der Waals surface area contributed by atoms with Crippen LogP contribution >= 0.6 is 0 Å². The minimum atomic E-state index is -0.263. The lowest BCUT2D eigenvalue weighted by Gasteiger charge is -2.05. The Hall–Kier alpha value is -2.43. The maximum absolute atomic E-state index is 13.0. The van der Waals surface area contributed by atoms with Gasteiger partial charge in [0.2, 0.25) is 0 Å². The van der Waals surface area contributed by atoms with Crippen LogP contribution in [0.3, 0.4) is 0 Å². The Kier molecular flexibility index (Phi) is 2.26. The molecule has 0 unspecified atom stereocenters. The van der Waals surface area contributed by atoms with Crippen LogP contribution in [0.1, 0.15) is 5.69 Å². The zero-order chi connectivity index (χ0) is 12.7. The summed E-state index contributed by atoms with van der Waals surface area (Å²) in [6, 6.07) is 8.20. The quantitative estimate of drug-likeness (QED) is 0.689. The number of aromatic amines is 1. The lowest BCUT2D eigenvalue weighted by molar-refractivity contribution is 0.628. The molecule has 0 amide bonds. The molecule has 2 aromatic heterocycles. The molecule has 0 bridgehead atoms. The summed E-state index contributed by atoms with van der Waals surface area (Å²) in [4.78, 5) is 4.30. The van der Waals surface area contributed by atoms with Crippen molar-refractivity contribution in [3.8, 4) is 11.1 Å². The van der Waals surface area contributed by atoms with Gasteiger partial charge in [-0.15, -0.1) is 0 Å². The predicted molar refractivity (Wildman–Crippen MR) is 68.4 cm³/mol. The standard InChI is InChI=1S/C13H11FN4/c1-7-6-10(8-2-4-9(14)5-3-8)11-12(15)17-18-13(11)16-7/h2-6H,1H3,(H3,15,16,17,18). The van der Waals surface area contributed by atoms with Crippen LogP contribution in [0.4, 0.5) is 10.2 Å². The van der Waals surface area contributed by atoms with Gasteiger partial charge in [0.1, 0.15) is 11.6 Å². The third kappa shape index (κ3) is 1.60. The summed E-state index contributed by atoms with van der Waals surface area (Å²) in [5, 5.41) is 7.53. The average Bonchev–Trinajstić information content (AvgIpc) is 2.71. The molecule has 2 heterocycles. The summed E-state index contributed by atoms with van der Waals surface area (Å²) in [5.74, 6) is 0.206. The van der Waals surface area contributed by atoms with Crippen LogP contribution in [0.5, 0.6) is 0 Å². The van der Waals surface area contributed by atoms with E-state index >= 15 is 0 Å². The molecule has 3 rings (SSSR count). The van der Waals surface area contributed by atoms with Crippen molar-refractivity contribution >= 4 is 16.9 Å². The summed E-state index contributed by atoms with van der Waals surface area (Å²) >= 11 is 0. The van der Waals surface area contributed by atoms with Crippen molar-refractivity contribution < 1.29 is 4.39 Å². The van der Waals surface area contributed by atoms with Gasteiger partial charge in [-0.2, -0.15) is 5.10 Å². The second-order valence-corrected chi connectivity index (χ2v) is 4.15. The van der Waals surface area contributed by atoms with E-state index in [1.54, 1.807) is 12.1 Å². The molecule has 0 saturated heterocycles. The van der Waals surface area contributed by atoms with Gasteiger partial charge in [0.25, 0.3) is 0 Å². The van der Waals surface area contributed by atoms with Crippen LogP contribution in [0.2, 0.25) is 0 Å². The molecule has 3 N–H and O–H groups in total. The highest BCUT2D eigenvalue weighted by Crippen LogP contribution is 2.31. The number of rotatable bonds is 1. The van der Waals surface area contributed by atoms with Gasteiger partial charge in [0.15, 0.2) is 5.65 Å². The first-order valence-electron chi connectivity index (χ1n) is 5.52. The molecule has 3 aromatic rings. The first kappa shape index (κ1) is 10.7. The molecule has 90 valence electrons. The fourth-order valence-corrected chi connectivity index (χ4v) is 2.03. The highest BCUT2D eigenvalue weighted by molar-refractivity contribution is 5.99. The van der Waals surface area contributed by atoms with Gasteiger partial charge in [-0.05, 0) is 36.2 Å². The number of H-pyrrole nitrogens is 1. The van der Waals surface area contributed by atoms with Crippen molar-refractivity contribution in [1.82, 2.24) is 15.2 Å². The van der Waals surface area contributed by atoms with E-state index in [0.717, 1.165) is 22.2 Å². The number of fused-ring (bicyclic) bond motifs is 1. The zero-order valence-corrected chi connectivity index (χ0v) is 9.74. The molecule has 0 aliphatic rings. The van der Waals surface area contributed by atoms with Crippen molar-refractivity contribution in [2.24, 2.45) is 0 Å². The minimum Gasteiger partial charge on any atom is -0.383 e. The lowest BCUT2D eigenvalue weighted by atomic mass is 10.0. The predicted octanol–water partition coefficient (Wildman–Crippen LogP) is 2.65. The van der Waals surface area contributed by atoms with Crippen LogP contribution in [-0.2, 0) is 0 Å². The molecule has 0 fully saturated rings. The van der Waals surface area contributed by atoms with Gasteiger partial charge in [-0.1, -0.05) is 12.1 Å². The molecule has 0 radical (unpaired) electrons. The van der Waals surface area contributed by atoms with Gasteiger partial charge in [0.05, 0.1) is 5.39 Å². The topological polar surface area (TPSA) is 67.6 Å². The van der Waals surface area contributed by atoms with E-state index in [-0.39, 0.29) is 5.82 Å². The number of hydrogen-bond acceptors (Lipinski definition) is 3. The van der Waals surface area contributed by atoms with E-state index in [1.165, 1.54) is 12.1 Å². The highest BCUT2D eigenvalue weighted by atomic mass is 19.1. The Morgan fingerprint density at radius 2 is 1.94 bits per heavy atom. The number of hydrogen-bond donors (Lipinski definition) is 2. The van der Waals surface area contributed by atoms with Crippen molar-refractivity contribution in [3.05, 3.63) is 41.8 Å². The van der Waals surface area contributed by atoms with Crippen LogP contribution in [-0.4, -0.2) is 15.2 Å². The van der Waals surface area contributed by atoms with Crippen LogP contribution in [0, 0.1) is 12.7 Å². The fraction of sp³-hybridized carbons (Fsp3) is 0.0769. The van der Waals surface area contributed by atoms with E-state index in [9.17, 15) is 4.39 Å². The molecule has 5 heteroatoms. The number of benzene rings is 1. The van der Waals surface area contributed by atoms with Crippen molar-refractivity contribution in [3.63, 3.8) is 0 Å². The number of aromatic nitrogens is 3. The van der Waals surface area contributed by atoms with Crippen molar-refractivity contribution in [2.45, 2.75) is 6.92 Å². The highest BCUT2D eigenvalue weighted by Gasteiger charge is 2.12. The summed E-state index contributed by atoms with van der Waals surface area (Å²) in [5.41, 5.74) is 9.07. The maximum Gasteiger partial charge on any atom is 0.183 e. The largest absolute Gasteiger partial charge is 0.383 e. The van der Waals surface area contributed by atoms with Gasteiger partial charge in [0, 0.05) is 5.69 Å². The monoisotopic (exact) mass is 242 g/mol. The maximum atomic E-state index is 13.0. The van der Waals surface area contributed by atoms with Crippen molar-refractivity contribution in [1.29, 1.82) is 0 Å². The summed E-state index contributed by atoms with van der Waals surface area (Å²) in [6.45, 7) is 1.89. The third-order valence-electron chi connectivity index (χ3n) is 2.84. The minimum absolute atomic E-state index is 0.263. The molecule has 1 aromatic carbocycles. The van der Waals surface area contributed by atoms with E-state index in [2.05, 4.69) is 15.2 Å². The Morgan fingerprint density at radius 3 is 2.67 bits per heavy atom. The summed E-state index contributed by atoms with van der Waals surface area (Å²) < 4.78 is 13.0. The zero-order valence-electron chi connectivity index (χ0n) is 9.74. The third-order valence-corrected chi connectivity index (χ3v) is 2.84. The Balaban J connectivity index is 2.33. The molecule has 4 nitrogen and oxygen atoms in total. The van der Waals surface area contributed by atoms with Gasteiger partial charge >= 0.3 is 0 Å². The van der Waals surface area contributed by atoms with E-state index in [1.807, 2.05) is 13.0 Å². The fourth-order valence-electron chi connectivity index (χ4n) is 2.03. The number of nitrogens with zero attached hydrogens (tertiary/aromatic N) is 2. The summed E-state index contributed by atoms with van der Waals surface area (Å²) in [7, 11) is 0.